The van der Waals surface area contributed by atoms with E-state index in [2.05, 4.69) is 69.4 Å². The second-order valence-electron chi connectivity index (χ2n) is 21.0. The van der Waals surface area contributed by atoms with Crippen LogP contribution in [-0.4, -0.2) is 37.2 Å². The smallest absolute Gasteiger partial charge is 0.306 e. The summed E-state index contributed by atoms with van der Waals surface area (Å²) in [5, 5.41) is 0. The first-order valence-electron chi connectivity index (χ1n) is 31.1. The van der Waals surface area contributed by atoms with Gasteiger partial charge in [0, 0.05) is 19.3 Å². The molecular weight excluding hydrogens is 877 g/mol. The molecule has 0 saturated carbocycles. The lowest BCUT2D eigenvalue weighted by Gasteiger charge is -2.18. The maximum atomic E-state index is 12.8. The summed E-state index contributed by atoms with van der Waals surface area (Å²) in [6, 6.07) is 0. The second-order valence-corrected chi connectivity index (χ2v) is 21.0. The molecule has 0 amide bonds. The summed E-state index contributed by atoms with van der Waals surface area (Å²) in [5.74, 6) is -0.883. The molecule has 0 aliphatic heterocycles. The molecule has 0 spiro atoms. The zero-order chi connectivity index (χ0) is 51.4. The highest BCUT2D eigenvalue weighted by Crippen LogP contribution is 2.17. The molecule has 0 N–H and O–H groups in total. The average Bonchev–Trinajstić information content (AvgIpc) is 3.37. The maximum Gasteiger partial charge on any atom is 0.306 e. The van der Waals surface area contributed by atoms with E-state index in [4.69, 9.17) is 14.2 Å². The summed E-state index contributed by atoms with van der Waals surface area (Å²) in [6.45, 7) is 6.56. The van der Waals surface area contributed by atoms with E-state index in [1.165, 1.54) is 199 Å². The molecule has 71 heavy (non-hydrogen) atoms. The highest BCUT2D eigenvalue weighted by molar-refractivity contribution is 5.71. The number of unbranched alkanes of at least 4 members (excludes halogenated alkanes) is 38. The Balaban J connectivity index is 4.04. The second kappa shape index (κ2) is 59.9. The first-order valence-corrected chi connectivity index (χ1v) is 31.1. The summed E-state index contributed by atoms with van der Waals surface area (Å²) in [4.78, 5) is 38.0. The van der Waals surface area contributed by atoms with Gasteiger partial charge >= 0.3 is 17.9 Å². The summed E-state index contributed by atoms with van der Waals surface area (Å²) in [6.07, 6.45) is 74.3. The van der Waals surface area contributed by atoms with Crippen molar-refractivity contribution >= 4 is 17.9 Å². The molecule has 0 fully saturated rings. The lowest BCUT2D eigenvalue weighted by molar-refractivity contribution is -0.167. The van der Waals surface area contributed by atoms with Crippen LogP contribution in [-0.2, 0) is 28.6 Å². The molecular formula is C65H118O6. The van der Waals surface area contributed by atoms with Crippen molar-refractivity contribution in [3.8, 4) is 0 Å². The molecule has 0 aliphatic rings. The lowest BCUT2D eigenvalue weighted by Crippen LogP contribution is -2.30. The Kier molecular flexibility index (Phi) is 57.7. The largest absolute Gasteiger partial charge is 0.462 e. The van der Waals surface area contributed by atoms with E-state index in [0.717, 1.165) is 89.9 Å². The molecule has 1 unspecified atom stereocenters. The van der Waals surface area contributed by atoms with Crippen LogP contribution in [0.3, 0.4) is 0 Å². The fourth-order valence-corrected chi connectivity index (χ4v) is 9.06. The Hall–Kier alpha value is -2.63. The van der Waals surface area contributed by atoms with Crippen molar-refractivity contribution < 1.29 is 28.6 Å². The standard InChI is InChI=1S/C65H118O6/c1-4-7-10-13-16-19-22-24-25-26-27-28-29-30-31-32-33-34-35-36-37-38-39-40-41-42-44-46-49-52-55-58-64(67)70-61-62(60-69-63(66)57-54-51-48-45-21-18-15-12-9-6-3)71-65(68)59-56-53-50-47-43-23-20-17-14-11-8-5-2/h12,15,17,20,22,24,26-27,62H,4-11,13-14,16,18-19,21,23,25,28-61H2,1-3H3/b15-12-,20-17-,24-22-,27-26-. The predicted molar refractivity (Wildman–Crippen MR) is 307 cm³/mol. The number of ether oxygens (including phenoxy) is 3. The van der Waals surface area contributed by atoms with Gasteiger partial charge in [-0.1, -0.05) is 262 Å². The summed E-state index contributed by atoms with van der Waals surface area (Å²) >= 11 is 0. The Morgan fingerprint density at radius 1 is 0.282 bits per heavy atom. The molecule has 0 aliphatic carbocycles. The molecule has 0 heterocycles. The minimum absolute atomic E-state index is 0.0761. The molecule has 0 aromatic heterocycles. The fourth-order valence-electron chi connectivity index (χ4n) is 9.06. The van der Waals surface area contributed by atoms with E-state index in [1.54, 1.807) is 0 Å². The van der Waals surface area contributed by atoms with Crippen LogP contribution in [0.15, 0.2) is 48.6 Å². The van der Waals surface area contributed by atoms with Gasteiger partial charge in [0.05, 0.1) is 0 Å². The van der Waals surface area contributed by atoms with Gasteiger partial charge in [0.15, 0.2) is 6.10 Å². The highest BCUT2D eigenvalue weighted by atomic mass is 16.6. The molecule has 0 aromatic rings. The van der Waals surface area contributed by atoms with Crippen LogP contribution >= 0.6 is 0 Å². The summed E-state index contributed by atoms with van der Waals surface area (Å²) < 4.78 is 16.8. The van der Waals surface area contributed by atoms with Crippen LogP contribution < -0.4 is 0 Å². The first kappa shape index (κ1) is 68.4. The first-order chi connectivity index (χ1) is 35.0. The van der Waals surface area contributed by atoms with Crippen LogP contribution in [0, 0.1) is 0 Å². The molecule has 0 aromatic carbocycles. The third kappa shape index (κ3) is 58.1. The SMILES string of the molecule is CCC/C=C\CCCCCCCC(=O)OCC(COC(=O)CCCCCCCCCCCCCCCCCCCCC/C=C\C/C=C\CCCCCCC)OC(=O)CCCCCCC/C=C\CCCCC. The fraction of sp³-hybridized carbons (Fsp3) is 0.831. The quantitative estimate of drug-likeness (QED) is 0.0261. The van der Waals surface area contributed by atoms with Crippen molar-refractivity contribution in [2.45, 2.75) is 335 Å². The van der Waals surface area contributed by atoms with Crippen molar-refractivity contribution in [2.24, 2.45) is 0 Å². The van der Waals surface area contributed by atoms with Crippen molar-refractivity contribution in [1.29, 1.82) is 0 Å². The zero-order valence-corrected chi connectivity index (χ0v) is 47.5. The Bertz CT molecular complexity index is 1230. The third-order valence-corrected chi connectivity index (χ3v) is 13.8. The average molecular weight is 996 g/mol. The number of esters is 3. The molecule has 0 saturated heterocycles. The molecule has 414 valence electrons. The minimum atomic E-state index is -0.777. The van der Waals surface area contributed by atoms with E-state index in [-0.39, 0.29) is 31.1 Å². The molecule has 0 radical (unpaired) electrons. The van der Waals surface area contributed by atoms with Gasteiger partial charge in [-0.15, -0.1) is 0 Å². The Morgan fingerprint density at radius 2 is 0.535 bits per heavy atom. The maximum absolute atomic E-state index is 12.8. The van der Waals surface area contributed by atoms with Gasteiger partial charge in [-0.25, -0.2) is 0 Å². The highest BCUT2D eigenvalue weighted by Gasteiger charge is 2.19. The number of rotatable bonds is 57. The number of allylic oxidation sites excluding steroid dienone is 8. The monoisotopic (exact) mass is 995 g/mol. The van der Waals surface area contributed by atoms with Gasteiger partial charge in [0.2, 0.25) is 0 Å². The lowest BCUT2D eigenvalue weighted by atomic mass is 10.0. The van der Waals surface area contributed by atoms with Gasteiger partial charge in [0.1, 0.15) is 13.2 Å². The van der Waals surface area contributed by atoms with Gasteiger partial charge < -0.3 is 14.2 Å². The van der Waals surface area contributed by atoms with Crippen molar-refractivity contribution in [3.63, 3.8) is 0 Å². The van der Waals surface area contributed by atoms with Gasteiger partial charge in [-0.05, 0) is 96.3 Å². The predicted octanol–water partition coefficient (Wildman–Crippen LogP) is 21.0. The molecule has 0 bridgehead atoms. The van der Waals surface area contributed by atoms with Gasteiger partial charge in [0.25, 0.3) is 0 Å². The van der Waals surface area contributed by atoms with Crippen LogP contribution in [0.4, 0.5) is 0 Å². The van der Waals surface area contributed by atoms with E-state index in [9.17, 15) is 14.4 Å². The van der Waals surface area contributed by atoms with Gasteiger partial charge in [-0.2, -0.15) is 0 Å². The summed E-state index contributed by atoms with van der Waals surface area (Å²) in [7, 11) is 0. The van der Waals surface area contributed by atoms with E-state index < -0.39 is 6.10 Å². The molecule has 1 atom stereocenters. The molecule has 6 heteroatoms. The Morgan fingerprint density at radius 3 is 0.873 bits per heavy atom. The van der Waals surface area contributed by atoms with Crippen molar-refractivity contribution in [3.05, 3.63) is 48.6 Å². The minimum Gasteiger partial charge on any atom is -0.462 e. The Labute approximate surface area is 441 Å². The molecule has 6 nitrogen and oxygen atoms in total. The number of hydrogen-bond acceptors (Lipinski definition) is 6. The number of hydrogen-bond donors (Lipinski definition) is 0. The van der Waals surface area contributed by atoms with Gasteiger partial charge in [-0.3, -0.25) is 14.4 Å². The van der Waals surface area contributed by atoms with Crippen molar-refractivity contribution in [1.82, 2.24) is 0 Å². The van der Waals surface area contributed by atoms with Crippen LogP contribution in [0.25, 0.3) is 0 Å². The van der Waals surface area contributed by atoms with E-state index >= 15 is 0 Å². The summed E-state index contributed by atoms with van der Waals surface area (Å²) in [5.41, 5.74) is 0. The molecule has 0 rings (SSSR count). The number of carbonyl (C=O) groups is 3. The van der Waals surface area contributed by atoms with E-state index in [0.29, 0.717) is 19.3 Å². The van der Waals surface area contributed by atoms with Crippen LogP contribution in [0.5, 0.6) is 0 Å². The topological polar surface area (TPSA) is 78.9 Å². The van der Waals surface area contributed by atoms with Crippen LogP contribution in [0.1, 0.15) is 329 Å². The van der Waals surface area contributed by atoms with E-state index in [1.807, 2.05) is 0 Å². The normalized spacial score (nSPS) is 12.3. The van der Waals surface area contributed by atoms with Crippen LogP contribution in [0.2, 0.25) is 0 Å². The third-order valence-electron chi connectivity index (χ3n) is 13.8. The zero-order valence-electron chi connectivity index (χ0n) is 47.5. The van der Waals surface area contributed by atoms with Crippen molar-refractivity contribution in [2.75, 3.05) is 13.2 Å². The number of carbonyl (C=O) groups excluding carboxylic acids is 3.